The van der Waals surface area contributed by atoms with Crippen LogP contribution in [0.2, 0.25) is 0 Å². The third-order valence-corrected chi connectivity index (χ3v) is 2.35. The molecule has 2 unspecified atom stereocenters. The third kappa shape index (κ3) is 0.645. The molecule has 3 nitrogen and oxygen atoms in total. The SMILES string of the molecule is CC1=CC(N)=CC2(C)OC12O. The highest BCUT2D eigenvalue weighted by Crippen LogP contribution is 2.53. The molecule has 11 heavy (non-hydrogen) atoms. The molecule has 3 heteroatoms. The van der Waals surface area contributed by atoms with E-state index in [0.717, 1.165) is 5.57 Å². The fourth-order valence-corrected chi connectivity index (χ4v) is 1.59. The summed E-state index contributed by atoms with van der Waals surface area (Å²) in [6, 6.07) is 0. The summed E-state index contributed by atoms with van der Waals surface area (Å²) in [6.07, 6.45) is 3.47. The average molecular weight is 153 g/mol. The topological polar surface area (TPSA) is 58.8 Å². The van der Waals surface area contributed by atoms with Crippen molar-refractivity contribution in [2.24, 2.45) is 5.73 Å². The van der Waals surface area contributed by atoms with Gasteiger partial charge in [-0.2, -0.15) is 0 Å². The van der Waals surface area contributed by atoms with Crippen LogP contribution in [0.4, 0.5) is 0 Å². The van der Waals surface area contributed by atoms with Crippen LogP contribution in [0.25, 0.3) is 0 Å². The molecule has 1 heterocycles. The summed E-state index contributed by atoms with van der Waals surface area (Å²) in [5, 5.41) is 9.70. The van der Waals surface area contributed by atoms with Gasteiger partial charge >= 0.3 is 0 Å². The molecule has 0 aromatic rings. The van der Waals surface area contributed by atoms with E-state index in [1.807, 2.05) is 13.8 Å². The number of epoxide rings is 1. The van der Waals surface area contributed by atoms with Gasteiger partial charge in [0.2, 0.25) is 5.79 Å². The predicted octanol–water partition coefficient (Wildman–Crippen LogP) is 0.266. The van der Waals surface area contributed by atoms with Gasteiger partial charge in [-0.25, -0.2) is 0 Å². The lowest BCUT2D eigenvalue weighted by atomic mass is 9.92. The molecule has 1 aliphatic heterocycles. The molecule has 2 aliphatic rings. The Hall–Kier alpha value is -0.800. The summed E-state index contributed by atoms with van der Waals surface area (Å²) in [5.41, 5.74) is 6.44. The summed E-state index contributed by atoms with van der Waals surface area (Å²) >= 11 is 0. The van der Waals surface area contributed by atoms with Gasteiger partial charge in [0.15, 0.2) is 0 Å². The van der Waals surface area contributed by atoms with E-state index in [0.29, 0.717) is 5.70 Å². The van der Waals surface area contributed by atoms with Crippen molar-refractivity contribution >= 4 is 0 Å². The third-order valence-electron chi connectivity index (χ3n) is 2.35. The lowest BCUT2D eigenvalue weighted by Gasteiger charge is -2.14. The van der Waals surface area contributed by atoms with Crippen LogP contribution in [0.15, 0.2) is 23.4 Å². The molecule has 1 aliphatic carbocycles. The first kappa shape index (κ1) is 6.88. The van der Waals surface area contributed by atoms with Gasteiger partial charge in [-0.1, -0.05) is 0 Å². The minimum Gasteiger partial charge on any atom is -0.399 e. The number of nitrogens with two attached hydrogens (primary N) is 1. The largest absolute Gasteiger partial charge is 0.399 e. The van der Waals surface area contributed by atoms with E-state index in [1.54, 1.807) is 12.2 Å². The molecule has 0 radical (unpaired) electrons. The molecule has 2 rings (SSSR count). The number of hydrogen-bond acceptors (Lipinski definition) is 3. The minimum atomic E-state index is -1.07. The highest BCUT2D eigenvalue weighted by Gasteiger charge is 2.67. The molecule has 0 saturated carbocycles. The van der Waals surface area contributed by atoms with Crippen molar-refractivity contribution in [1.82, 2.24) is 0 Å². The zero-order valence-corrected chi connectivity index (χ0v) is 6.59. The molecule has 0 aromatic carbocycles. The number of fused-ring (bicyclic) bond motifs is 1. The van der Waals surface area contributed by atoms with Crippen molar-refractivity contribution in [3.05, 3.63) is 23.4 Å². The Morgan fingerprint density at radius 3 is 2.82 bits per heavy atom. The molecule has 0 bridgehead atoms. The summed E-state index contributed by atoms with van der Waals surface area (Å²) in [7, 11) is 0. The monoisotopic (exact) mass is 153 g/mol. The predicted molar refractivity (Wildman–Crippen MR) is 40.5 cm³/mol. The second-order valence-corrected chi connectivity index (χ2v) is 3.32. The lowest BCUT2D eigenvalue weighted by Crippen LogP contribution is -2.26. The summed E-state index contributed by atoms with van der Waals surface area (Å²) in [6.45, 7) is 3.63. The van der Waals surface area contributed by atoms with Crippen LogP contribution < -0.4 is 5.73 Å². The Bertz CT molecular complexity index is 282. The maximum absolute atomic E-state index is 9.70. The minimum absolute atomic E-state index is 0.573. The van der Waals surface area contributed by atoms with Gasteiger partial charge in [-0.3, -0.25) is 0 Å². The Labute approximate surface area is 65.2 Å². The highest BCUT2D eigenvalue weighted by atomic mass is 16.7. The van der Waals surface area contributed by atoms with Crippen molar-refractivity contribution in [3.63, 3.8) is 0 Å². The Kier molecular flexibility index (Phi) is 0.949. The molecular weight excluding hydrogens is 142 g/mol. The summed E-state index contributed by atoms with van der Waals surface area (Å²) in [4.78, 5) is 0. The standard InChI is InChI=1S/C8H11NO2/c1-5-3-6(9)4-7(2)8(5,10)11-7/h3-4,10H,9H2,1-2H3. The fraction of sp³-hybridized carbons (Fsp3) is 0.500. The molecule has 0 amide bonds. The van der Waals surface area contributed by atoms with E-state index >= 15 is 0 Å². The molecule has 0 spiro atoms. The van der Waals surface area contributed by atoms with Gasteiger partial charge in [0.05, 0.1) is 0 Å². The number of rotatable bonds is 0. The smallest absolute Gasteiger partial charge is 0.223 e. The van der Waals surface area contributed by atoms with Crippen molar-refractivity contribution in [2.45, 2.75) is 25.2 Å². The molecule has 1 saturated heterocycles. The number of hydrogen-bond donors (Lipinski definition) is 2. The number of aliphatic hydroxyl groups is 1. The number of ether oxygens (including phenoxy) is 1. The molecule has 3 N–H and O–H groups in total. The van der Waals surface area contributed by atoms with Crippen molar-refractivity contribution in [2.75, 3.05) is 0 Å². The highest BCUT2D eigenvalue weighted by molar-refractivity contribution is 5.43. The van der Waals surface area contributed by atoms with E-state index in [1.165, 1.54) is 0 Å². The van der Waals surface area contributed by atoms with E-state index in [4.69, 9.17) is 10.5 Å². The molecule has 0 aromatic heterocycles. The van der Waals surface area contributed by atoms with E-state index < -0.39 is 11.4 Å². The van der Waals surface area contributed by atoms with Crippen LogP contribution in [0.5, 0.6) is 0 Å². The Morgan fingerprint density at radius 1 is 1.64 bits per heavy atom. The van der Waals surface area contributed by atoms with Gasteiger partial charge in [-0.05, 0) is 31.6 Å². The van der Waals surface area contributed by atoms with E-state index in [2.05, 4.69) is 0 Å². The second-order valence-electron chi connectivity index (χ2n) is 3.32. The first-order chi connectivity index (χ1) is 4.98. The van der Waals surface area contributed by atoms with E-state index in [9.17, 15) is 5.11 Å². The van der Waals surface area contributed by atoms with Crippen LogP contribution in [0.3, 0.4) is 0 Å². The zero-order chi connectivity index (χ0) is 8.28. The van der Waals surface area contributed by atoms with Gasteiger partial charge in [0.1, 0.15) is 5.60 Å². The quantitative estimate of drug-likeness (QED) is 0.491. The van der Waals surface area contributed by atoms with Crippen LogP contribution in [-0.2, 0) is 4.74 Å². The van der Waals surface area contributed by atoms with Gasteiger partial charge in [0, 0.05) is 5.70 Å². The van der Waals surface area contributed by atoms with Crippen LogP contribution >= 0.6 is 0 Å². The van der Waals surface area contributed by atoms with Gasteiger partial charge in [0.25, 0.3) is 0 Å². The second kappa shape index (κ2) is 1.52. The summed E-state index contributed by atoms with van der Waals surface area (Å²) in [5.74, 6) is -1.07. The van der Waals surface area contributed by atoms with Crippen LogP contribution in [-0.4, -0.2) is 16.5 Å². The maximum atomic E-state index is 9.70. The average Bonchev–Trinajstić information content (AvgIpc) is 2.34. The van der Waals surface area contributed by atoms with Gasteiger partial charge < -0.3 is 15.6 Å². The Morgan fingerprint density at radius 2 is 2.27 bits per heavy atom. The van der Waals surface area contributed by atoms with Crippen molar-refractivity contribution in [3.8, 4) is 0 Å². The maximum Gasteiger partial charge on any atom is 0.223 e. The van der Waals surface area contributed by atoms with E-state index in [-0.39, 0.29) is 0 Å². The zero-order valence-electron chi connectivity index (χ0n) is 6.59. The van der Waals surface area contributed by atoms with Crippen molar-refractivity contribution < 1.29 is 9.84 Å². The summed E-state index contributed by atoms with van der Waals surface area (Å²) < 4.78 is 5.17. The normalized spacial score (nSPS) is 47.5. The molecule has 1 fully saturated rings. The van der Waals surface area contributed by atoms with Crippen LogP contribution in [0.1, 0.15) is 13.8 Å². The molecule has 2 atom stereocenters. The lowest BCUT2D eigenvalue weighted by molar-refractivity contribution is 0.0710. The van der Waals surface area contributed by atoms with Gasteiger partial charge in [-0.15, -0.1) is 0 Å². The fourth-order valence-electron chi connectivity index (χ4n) is 1.59. The number of allylic oxidation sites excluding steroid dienone is 1. The molecule has 60 valence electrons. The first-order valence-electron chi connectivity index (χ1n) is 3.58. The first-order valence-corrected chi connectivity index (χ1v) is 3.58. The Balaban J connectivity index is 2.47. The molecular formula is C8H11NO2. The van der Waals surface area contributed by atoms with Crippen molar-refractivity contribution in [1.29, 1.82) is 0 Å². The van der Waals surface area contributed by atoms with Crippen LogP contribution in [0, 0.1) is 0 Å².